The Morgan fingerprint density at radius 2 is 1.55 bits per heavy atom. The Kier molecular flexibility index (Phi) is 7.67. The maximum atomic E-state index is 14.5. The molecule has 29 heavy (non-hydrogen) atoms. The molecule has 0 radical (unpaired) electrons. The van der Waals surface area contributed by atoms with Crippen LogP contribution >= 0.6 is 0 Å². The van der Waals surface area contributed by atoms with E-state index in [1.165, 1.54) is 0 Å². The molecular weight excluding hydrogens is 382 g/mol. The fraction of sp³-hybridized carbons (Fsp3) is 0.333. The number of nitrogens with one attached hydrogen (secondary N) is 1. The molecule has 2 amide bonds. The number of amides is 2. The van der Waals surface area contributed by atoms with E-state index in [4.69, 9.17) is 4.74 Å². The molecule has 2 N–H and O–H groups in total. The van der Waals surface area contributed by atoms with Gasteiger partial charge < -0.3 is 20.1 Å². The van der Waals surface area contributed by atoms with Gasteiger partial charge in [0, 0.05) is 14.1 Å². The molecule has 8 heteroatoms. The summed E-state index contributed by atoms with van der Waals surface area (Å²) in [6.45, 7) is -0.0617. The van der Waals surface area contributed by atoms with Crippen LogP contribution in [0.2, 0.25) is 0 Å². The smallest absolute Gasteiger partial charge is 0.407 e. The SMILES string of the molecule is CN(C)C(=O)C(F)(F)C(O)C(Cc1ccccc1)NC(=O)OCc1ccccc1. The van der Waals surface area contributed by atoms with E-state index in [1.54, 1.807) is 60.7 Å². The van der Waals surface area contributed by atoms with E-state index in [1.807, 2.05) is 0 Å². The lowest BCUT2D eigenvalue weighted by atomic mass is 9.96. The predicted octanol–water partition coefficient (Wildman–Crippen LogP) is 2.61. The van der Waals surface area contributed by atoms with E-state index in [0.717, 1.165) is 19.7 Å². The second-order valence-electron chi connectivity index (χ2n) is 6.77. The van der Waals surface area contributed by atoms with E-state index in [2.05, 4.69) is 5.32 Å². The lowest BCUT2D eigenvalue weighted by molar-refractivity contribution is -0.175. The number of rotatable bonds is 8. The molecule has 0 aliphatic carbocycles. The van der Waals surface area contributed by atoms with Gasteiger partial charge in [-0.05, 0) is 17.5 Å². The minimum Gasteiger partial charge on any atom is -0.445 e. The van der Waals surface area contributed by atoms with Crippen LogP contribution in [-0.2, 0) is 22.6 Å². The molecule has 0 spiro atoms. The monoisotopic (exact) mass is 406 g/mol. The summed E-state index contributed by atoms with van der Waals surface area (Å²) in [5.74, 6) is -5.64. The van der Waals surface area contributed by atoms with Gasteiger partial charge in [0.15, 0.2) is 0 Å². The van der Waals surface area contributed by atoms with Crippen molar-refractivity contribution >= 4 is 12.0 Å². The molecule has 0 saturated carbocycles. The van der Waals surface area contributed by atoms with Crippen molar-refractivity contribution in [2.24, 2.45) is 0 Å². The topological polar surface area (TPSA) is 78.9 Å². The molecule has 0 heterocycles. The van der Waals surface area contributed by atoms with Gasteiger partial charge in [-0.2, -0.15) is 8.78 Å². The van der Waals surface area contributed by atoms with E-state index in [-0.39, 0.29) is 13.0 Å². The third-order valence-corrected chi connectivity index (χ3v) is 4.26. The van der Waals surface area contributed by atoms with Gasteiger partial charge in [0.1, 0.15) is 12.7 Å². The molecule has 0 aliphatic heterocycles. The van der Waals surface area contributed by atoms with Crippen LogP contribution in [0.4, 0.5) is 13.6 Å². The van der Waals surface area contributed by atoms with Gasteiger partial charge in [0.2, 0.25) is 0 Å². The van der Waals surface area contributed by atoms with Crippen LogP contribution in [0.5, 0.6) is 0 Å². The predicted molar refractivity (Wildman–Crippen MR) is 103 cm³/mol. The number of aliphatic hydroxyl groups is 1. The van der Waals surface area contributed by atoms with Crippen molar-refractivity contribution in [3.8, 4) is 0 Å². The number of benzene rings is 2. The van der Waals surface area contributed by atoms with Gasteiger partial charge in [-0.25, -0.2) is 4.79 Å². The number of nitrogens with zero attached hydrogens (tertiary/aromatic N) is 1. The summed E-state index contributed by atoms with van der Waals surface area (Å²) in [7, 11) is 2.33. The normalized spacial score (nSPS) is 13.3. The van der Waals surface area contributed by atoms with Crippen molar-refractivity contribution in [1.82, 2.24) is 10.2 Å². The summed E-state index contributed by atoms with van der Waals surface area (Å²) < 4.78 is 34.0. The maximum Gasteiger partial charge on any atom is 0.407 e. The molecule has 0 aliphatic rings. The number of carbonyl (C=O) groups excluding carboxylic acids is 2. The highest BCUT2D eigenvalue weighted by molar-refractivity contribution is 5.84. The Bertz CT molecular complexity index is 801. The van der Waals surface area contributed by atoms with Crippen LogP contribution in [0.15, 0.2) is 60.7 Å². The first-order valence-corrected chi connectivity index (χ1v) is 9.00. The number of alkyl carbamates (subject to hydrolysis) is 1. The Morgan fingerprint density at radius 3 is 2.07 bits per heavy atom. The van der Waals surface area contributed by atoms with Crippen molar-refractivity contribution in [2.75, 3.05) is 14.1 Å². The van der Waals surface area contributed by atoms with Gasteiger partial charge in [0.05, 0.1) is 6.04 Å². The zero-order chi connectivity index (χ0) is 21.4. The molecule has 156 valence electrons. The fourth-order valence-electron chi connectivity index (χ4n) is 2.70. The lowest BCUT2D eigenvalue weighted by Crippen LogP contribution is -2.58. The zero-order valence-electron chi connectivity index (χ0n) is 16.2. The van der Waals surface area contributed by atoms with Gasteiger partial charge in [0.25, 0.3) is 5.91 Å². The molecule has 2 aromatic carbocycles. The first kappa shape index (κ1) is 22.3. The van der Waals surface area contributed by atoms with Gasteiger partial charge in [-0.15, -0.1) is 0 Å². The van der Waals surface area contributed by atoms with Crippen LogP contribution < -0.4 is 5.32 Å². The minimum atomic E-state index is -4.09. The molecule has 2 rings (SSSR count). The zero-order valence-corrected chi connectivity index (χ0v) is 16.2. The van der Waals surface area contributed by atoms with E-state index < -0.39 is 30.1 Å². The largest absolute Gasteiger partial charge is 0.445 e. The van der Waals surface area contributed by atoms with Crippen LogP contribution in [0, 0.1) is 0 Å². The van der Waals surface area contributed by atoms with Gasteiger partial charge in [-0.1, -0.05) is 60.7 Å². The van der Waals surface area contributed by atoms with Gasteiger partial charge in [-0.3, -0.25) is 4.79 Å². The lowest BCUT2D eigenvalue weighted by Gasteiger charge is -2.30. The molecule has 0 bridgehead atoms. The highest BCUT2D eigenvalue weighted by Gasteiger charge is 2.51. The van der Waals surface area contributed by atoms with Crippen molar-refractivity contribution < 1.29 is 28.2 Å². The summed E-state index contributed by atoms with van der Waals surface area (Å²) in [5, 5.41) is 12.6. The number of hydrogen-bond acceptors (Lipinski definition) is 4. The van der Waals surface area contributed by atoms with Crippen LogP contribution in [0.3, 0.4) is 0 Å². The molecule has 0 saturated heterocycles. The Balaban J connectivity index is 2.13. The third kappa shape index (κ3) is 6.25. The van der Waals surface area contributed by atoms with E-state index in [0.29, 0.717) is 10.5 Å². The quantitative estimate of drug-likeness (QED) is 0.706. The summed E-state index contributed by atoms with van der Waals surface area (Å²) in [4.78, 5) is 24.7. The number of ether oxygens (including phenoxy) is 1. The average Bonchev–Trinajstić information content (AvgIpc) is 2.72. The summed E-state index contributed by atoms with van der Waals surface area (Å²) in [6.07, 6.45) is -3.53. The Hall–Kier alpha value is -3.00. The molecule has 0 aromatic heterocycles. The van der Waals surface area contributed by atoms with E-state index >= 15 is 0 Å². The summed E-state index contributed by atoms with van der Waals surface area (Å²) in [6, 6.07) is 15.9. The first-order valence-electron chi connectivity index (χ1n) is 9.00. The Morgan fingerprint density at radius 1 is 1.03 bits per heavy atom. The summed E-state index contributed by atoms with van der Waals surface area (Å²) in [5.41, 5.74) is 1.32. The van der Waals surface area contributed by atoms with Crippen molar-refractivity contribution in [3.63, 3.8) is 0 Å². The minimum absolute atomic E-state index is 0.0617. The highest BCUT2D eigenvalue weighted by atomic mass is 19.3. The molecule has 2 atom stereocenters. The van der Waals surface area contributed by atoms with Gasteiger partial charge >= 0.3 is 12.0 Å². The third-order valence-electron chi connectivity index (χ3n) is 4.26. The second kappa shape index (κ2) is 9.97. The van der Waals surface area contributed by atoms with Crippen LogP contribution in [0.1, 0.15) is 11.1 Å². The maximum absolute atomic E-state index is 14.5. The first-order chi connectivity index (χ1) is 13.7. The molecule has 2 aromatic rings. The number of halogens is 2. The molecule has 0 fully saturated rings. The number of aliphatic hydroxyl groups excluding tert-OH is 1. The van der Waals surface area contributed by atoms with Crippen LogP contribution in [-0.4, -0.2) is 54.2 Å². The summed E-state index contributed by atoms with van der Waals surface area (Å²) >= 11 is 0. The standard InChI is InChI=1S/C21H24F2N2O4/c1-25(2)19(27)21(22,23)18(26)17(13-15-9-5-3-6-10-15)24-20(28)29-14-16-11-7-4-8-12-16/h3-12,17-18,26H,13-14H2,1-2H3,(H,24,28). The van der Waals surface area contributed by atoms with E-state index in [9.17, 15) is 23.5 Å². The number of hydrogen-bond donors (Lipinski definition) is 2. The highest BCUT2D eigenvalue weighted by Crippen LogP contribution is 2.25. The van der Waals surface area contributed by atoms with Crippen molar-refractivity contribution in [1.29, 1.82) is 0 Å². The van der Waals surface area contributed by atoms with Crippen LogP contribution in [0.25, 0.3) is 0 Å². The molecular formula is C21H24F2N2O4. The average molecular weight is 406 g/mol. The Labute approximate surface area is 168 Å². The second-order valence-corrected chi connectivity index (χ2v) is 6.77. The molecule has 2 unspecified atom stereocenters. The molecule has 6 nitrogen and oxygen atoms in total. The fourth-order valence-corrected chi connectivity index (χ4v) is 2.70. The van der Waals surface area contributed by atoms with Crippen molar-refractivity contribution in [2.45, 2.75) is 31.1 Å². The van der Waals surface area contributed by atoms with Crippen molar-refractivity contribution in [3.05, 3.63) is 71.8 Å². The number of carbonyl (C=O) groups is 2. The number of alkyl halides is 2.